The maximum atomic E-state index is 6.16. The summed E-state index contributed by atoms with van der Waals surface area (Å²) >= 11 is 0. The molecule has 0 aromatic rings. The number of nitrogens with two attached hydrogens (primary N) is 2. The molecule has 1 saturated carbocycles. The third kappa shape index (κ3) is 2.80. The molecule has 1 aliphatic rings. The first-order valence-corrected chi connectivity index (χ1v) is 4.76. The van der Waals surface area contributed by atoms with Crippen LogP contribution in [0.5, 0.6) is 0 Å². The minimum atomic E-state index is 0.190. The molecule has 0 spiro atoms. The predicted molar refractivity (Wildman–Crippen MR) is 48.3 cm³/mol. The van der Waals surface area contributed by atoms with Crippen LogP contribution in [-0.4, -0.2) is 12.1 Å². The molecule has 0 saturated heterocycles. The van der Waals surface area contributed by atoms with Crippen molar-refractivity contribution in [2.75, 3.05) is 6.54 Å². The second-order valence-corrected chi connectivity index (χ2v) is 3.82. The van der Waals surface area contributed by atoms with Gasteiger partial charge in [-0.15, -0.1) is 0 Å². The summed E-state index contributed by atoms with van der Waals surface area (Å²) in [5.41, 5.74) is 11.8. The number of hydrogen-bond donors (Lipinski definition) is 2. The zero-order valence-electron chi connectivity index (χ0n) is 7.31. The standard InChI is InChI=1S/C9H20N2/c10-8-4-3-7-9(11)5-1-2-6-9/h1-8,10-11H2. The normalized spacial score (nSPS) is 22.4. The van der Waals surface area contributed by atoms with Gasteiger partial charge in [-0.05, 0) is 32.2 Å². The highest BCUT2D eigenvalue weighted by atomic mass is 14.7. The molecule has 0 unspecified atom stereocenters. The lowest BCUT2D eigenvalue weighted by atomic mass is 9.92. The van der Waals surface area contributed by atoms with Crippen molar-refractivity contribution in [2.45, 2.75) is 50.5 Å². The summed E-state index contributed by atoms with van der Waals surface area (Å²) in [4.78, 5) is 0. The van der Waals surface area contributed by atoms with Gasteiger partial charge in [-0.2, -0.15) is 0 Å². The highest BCUT2D eigenvalue weighted by Crippen LogP contribution is 2.31. The van der Waals surface area contributed by atoms with Crippen LogP contribution in [0.3, 0.4) is 0 Å². The van der Waals surface area contributed by atoms with Crippen LogP contribution in [0.15, 0.2) is 0 Å². The second-order valence-electron chi connectivity index (χ2n) is 3.82. The van der Waals surface area contributed by atoms with Gasteiger partial charge < -0.3 is 11.5 Å². The average Bonchev–Trinajstić information content (AvgIpc) is 2.38. The van der Waals surface area contributed by atoms with Crippen molar-refractivity contribution >= 4 is 0 Å². The van der Waals surface area contributed by atoms with Crippen molar-refractivity contribution in [3.05, 3.63) is 0 Å². The van der Waals surface area contributed by atoms with Gasteiger partial charge in [0, 0.05) is 5.54 Å². The third-order valence-electron chi connectivity index (χ3n) is 2.73. The van der Waals surface area contributed by atoms with Crippen LogP contribution < -0.4 is 11.5 Å². The second kappa shape index (κ2) is 4.07. The van der Waals surface area contributed by atoms with Crippen LogP contribution in [0.2, 0.25) is 0 Å². The fourth-order valence-electron chi connectivity index (χ4n) is 1.95. The van der Waals surface area contributed by atoms with Crippen LogP contribution >= 0.6 is 0 Å². The number of unbranched alkanes of at least 4 members (excludes halogenated alkanes) is 1. The number of rotatable bonds is 4. The van der Waals surface area contributed by atoms with E-state index in [0.717, 1.165) is 13.0 Å². The Morgan fingerprint density at radius 3 is 2.27 bits per heavy atom. The average molecular weight is 156 g/mol. The SMILES string of the molecule is NCCCCC1(N)CCCC1. The first kappa shape index (κ1) is 9.01. The lowest BCUT2D eigenvalue weighted by molar-refractivity contribution is 0.389. The molecule has 1 fully saturated rings. The molecule has 0 bridgehead atoms. The first-order chi connectivity index (χ1) is 5.27. The Hall–Kier alpha value is -0.0800. The molecule has 2 nitrogen and oxygen atoms in total. The van der Waals surface area contributed by atoms with Crippen molar-refractivity contribution in [1.82, 2.24) is 0 Å². The predicted octanol–water partition coefficient (Wildman–Crippen LogP) is 1.39. The minimum absolute atomic E-state index is 0.190. The van der Waals surface area contributed by atoms with Crippen LogP contribution in [0, 0.1) is 0 Å². The molecular formula is C9H20N2. The zero-order valence-corrected chi connectivity index (χ0v) is 7.31. The summed E-state index contributed by atoms with van der Waals surface area (Å²) in [6.07, 6.45) is 8.67. The van der Waals surface area contributed by atoms with Gasteiger partial charge in [0.25, 0.3) is 0 Å². The van der Waals surface area contributed by atoms with Gasteiger partial charge in [-0.25, -0.2) is 0 Å². The summed E-state index contributed by atoms with van der Waals surface area (Å²) in [6.45, 7) is 0.816. The van der Waals surface area contributed by atoms with Crippen molar-refractivity contribution in [3.8, 4) is 0 Å². The molecule has 0 aromatic heterocycles. The molecule has 1 rings (SSSR count). The van der Waals surface area contributed by atoms with Crippen LogP contribution in [0.25, 0.3) is 0 Å². The van der Waals surface area contributed by atoms with Crippen molar-refractivity contribution in [2.24, 2.45) is 11.5 Å². The Morgan fingerprint density at radius 1 is 1.09 bits per heavy atom. The smallest absolute Gasteiger partial charge is 0.0154 e. The molecule has 4 N–H and O–H groups in total. The molecule has 0 radical (unpaired) electrons. The summed E-state index contributed by atoms with van der Waals surface area (Å²) in [7, 11) is 0. The monoisotopic (exact) mass is 156 g/mol. The summed E-state index contributed by atoms with van der Waals surface area (Å²) < 4.78 is 0. The van der Waals surface area contributed by atoms with E-state index in [1.54, 1.807) is 0 Å². The van der Waals surface area contributed by atoms with E-state index in [1.807, 2.05) is 0 Å². The molecule has 0 amide bonds. The fraction of sp³-hybridized carbons (Fsp3) is 1.00. The van der Waals surface area contributed by atoms with Gasteiger partial charge in [0.2, 0.25) is 0 Å². The molecule has 1 aliphatic carbocycles. The highest BCUT2D eigenvalue weighted by Gasteiger charge is 2.27. The molecule has 0 heterocycles. The van der Waals surface area contributed by atoms with Crippen LogP contribution in [-0.2, 0) is 0 Å². The Balaban J connectivity index is 2.13. The zero-order chi connectivity index (χ0) is 8.16. The quantitative estimate of drug-likeness (QED) is 0.604. The Labute approximate surface area is 69.3 Å². The van der Waals surface area contributed by atoms with Gasteiger partial charge in [-0.1, -0.05) is 19.3 Å². The van der Waals surface area contributed by atoms with E-state index in [1.165, 1.54) is 38.5 Å². The van der Waals surface area contributed by atoms with Gasteiger partial charge in [0.15, 0.2) is 0 Å². The summed E-state index contributed by atoms with van der Waals surface area (Å²) in [5, 5.41) is 0. The fourth-order valence-corrected chi connectivity index (χ4v) is 1.95. The number of hydrogen-bond acceptors (Lipinski definition) is 2. The maximum Gasteiger partial charge on any atom is 0.0154 e. The van der Waals surface area contributed by atoms with Gasteiger partial charge in [0.1, 0.15) is 0 Å². The third-order valence-corrected chi connectivity index (χ3v) is 2.73. The lowest BCUT2D eigenvalue weighted by Crippen LogP contribution is -2.36. The molecule has 66 valence electrons. The Kier molecular flexibility index (Phi) is 3.34. The van der Waals surface area contributed by atoms with Crippen molar-refractivity contribution in [3.63, 3.8) is 0 Å². The first-order valence-electron chi connectivity index (χ1n) is 4.76. The van der Waals surface area contributed by atoms with E-state index in [4.69, 9.17) is 11.5 Å². The lowest BCUT2D eigenvalue weighted by Gasteiger charge is -2.22. The largest absolute Gasteiger partial charge is 0.330 e. The maximum absolute atomic E-state index is 6.16. The topological polar surface area (TPSA) is 52.0 Å². The molecule has 0 aromatic carbocycles. The van der Waals surface area contributed by atoms with Gasteiger partial charge in [-0.3, -0.25) is 0 Å². The molecule has 11 heavy (non-hydrogen) atoms. The van der Waals surface area contributed by atoms with E-state index in [2.05, 4.69) is 0 Å². The highest BCUT2D eigenvalue weighted by molar-refractivity contribution is 4.88. The summed E-state index contributed by atoms with van der Waals surface area (Å²) in [6, 6.07) is 0. The Bertz CT molecular complexity index is 106. The van der Waals surface area contributed by atoms with Crippen molar-refractivity contribution < 1.29 is 0 Å². The van der Waals surface area contributed by atoms with E-state index in [0.29, 0.717) is 0 Å². The van der Waals surface area contributed by atoms with Crippen LogP contribution in [0.4, 0.5) is 0 Å². The molecule has 2 heteroatoms. The molecular weight excluding hydrogens is 136 g/mol. The van der Waals surface area contributed by atoms with Crippen molar-refractivity contribution in [1.29, 1.82) is 0 Å². The van der Waals surface area contributed by atoms with E-state index in [-0.39, 0.29) is 5.54 Å². The van der Waals surface area contributed by atoms with Gasteiger partial charge >= 0.3 is 0 Å². The minimum Gasteiger partial charge on any atom is -0.330 e. The molecule has 0 atom stereocenters. The van der Waals surface area contributed by atoms with Crippen LogP contribution in [0.1, 0.15) is 44.9 Å². The van der Waals surface area contributed by atoms with Gasteiger partial charge in [0.05, 0.1) is 0 Å². The molecule has 0 aliphatic heterocycles. The Morgan fingerprint density at radius 2 is 1.73 bits per heavy atom. The van der Waals surface area contributed by atoms with E-state index < -0.39 is 0 Å². The van der Waals surface area contributed by atoms with E-state index in [9.17, 15) is 0 Å². The summed E-state index contributed by atoms with van der Waals surface area (Å²) in [5.74, 6) is 0. The van der Waals surface area contributed by atoms with E-state index >= 15 is 0 Å².